The third-order valence-electron chi connectivity index (χ3n) is 0.983. The maximum atomic E-state index is 5.45. The molecule has 0 aliphatic heterocycles. The van der Waals surface area contributed by atoms with Crippen LogP contribution in [0.25, 0.3) is 0 Å². The van der Waals surface area contributed by atoms with Crippen molar-refractivity contribution < 1.29 is 4.84 Å². The molecule has 10 heavy (non-hydrogen) atoms. The largest absolute Gasteiger partial charge is 0.394 e. The molecule has 2 N–H and O–H groups in total. The van der Waals surface area contributed by atoms with Crippen LogP contribution in [0.1, 0.15) is 33.1 Å². The van der Waals surface area contributed by atoms with Crippen LogP contribution in [0.3, 0.4) is 0 Å². The van der Waals surface area contributed by atoms with Crippen molar-refractivity contribution in [3.8, 4) is 0 Å². The van der Waals surface area contributed by atoms with E-state index in [1.165, 1.54) is 0 Å². The van der Waals surface area contributed by atoms with Gasteiger partial charge in [-0.3, -0.25) is 0 Å². The highest BCUT2D eigenvalue weighted by molar-refractivity contribution is 5.79. The highest BCUT2D eigenvalue weighted by Gasteiger charge is 1.88. The molecule has 0 radical (unpaired) electrons. The molecule has 3 heteroatoms. The van der Waals surface area contributed by atoms with Crippen LogP contribution in [-0.2, 0) is 4.84 Å². The summed E-state index contributed by atoms with van der Waals surface area (Å²) >= 11 is 0. The normalized spacial score (nSPS) is 11.6. The fourth-order valence-corrected chi connectivity index (χ4v) is 0.522. The highest BCUT2D eigenvalue weighted by atomic mass is 16.6. The van der Waals surface area contributed by atoms with Crippen LogP contribution in [0.15, 0.2) is 5.16 Å². The first-order valence-electron chi connectivity index (χ1n) is 3.75. The molecule has 60 valence electrons. The first kappa shape index (κ1) is 9.27. The number of oxime groups is 1. The van der Waals surface area contributed by atoms with Crippen molar-refractivity contribution >= 4 is 5.84 Å². The van der Waals surface area contributed by atoms with Crippen LogP contribution in [0.4, 0.5) is 0 Å². The van der Waals surface area contributed by atoms with Gasteiger partial charge in [0, 0.05) is 6.42 Å². The SMILES string of the molecule is CCCO/N=C(\N)CCC. The van der Waals surface area contributed by atoms with Crippen molar-refractivity contribution in [1.29, 1.82) is 0 Å². The summed E-state index contributed by atoms with van der Waals surface area (Å²) in [6.07, 6.45) is 2.82. The summed E-state index contributed by atoms with van der Waals surface area (Å²) in [5.74, 6) is 0.593. The second-order valence-corrected chi connectivity index (χ2v) is 2.17. The first-order valence-corrected chi connectivity index (χ1v) is 3.75. The Morgan fingerprint density at radius 3 is 2.60 bits per heavy atom. The average molecular weight is 144 g/mol. The van der Waals surface area contributed by atoms with Gasteiger partial charge in [0.15, 0.2) is 0 Å². The Labute approximate surface area is 62.2 Å². The minimum absolute atomic E-state index is 0.593. The number of nitrogens with zero attached hydrogens (tertiary/aromatic N) is 1. The smallest absolute Gasteiger partial charge is 0.139 e. The van der Waals surface area contributed by atoms with Gasteiger partial charge in [0.2, 0.25) is 0 Å². The van der Waals surface area contributed by atoms with Gasteiger partial charge in [-0.1, -0.05) is 19.0 Å². The standard InChI is InChI=1S/C7H16N2O/c1-3-5-7(8)9-10-6-4-2/h3-6H2,1-2H3,(H2,8,9). The summed E-state index contributed by atoms with van der Waals surface area (Å²) in [6.45, 7) is 4.75. The van der Waals surface area contributed by atoms with Gasteiger partial charge in [-0.15, -0.1) is 0 Å². The molecule has 0 aromatic carbocycles. The molecule has 0 spiro atoms. The minimum Gasteiger partial charge on any atom is -0.394 e. The second-order valence-electron chi connectivity index (χ2n) is 2.17. The van der Waals surface area contributed by atoms with Gasteiger partial charge in [0.25, 0.3) is 0 Å². The maximum Gasteiger partial charge on any atom is 0.139 e. The molecule has 0 rings (SSSR count). The van der Waals surface area contributed by atoms with Crippen molar-refractivity contribution in [1.82, 2.24) is 0 Å². The number of nitrogens with two attached hydrogens (primary N) is 1. The van der Waals surface area contributed by atoms with Crippen LogP contribution in [-0.4, -0.2) is 12.4 Å². The number of amidine groups is 1. The molecule has 3 nitrogen and oxygen atoms in total. The van der Waals surface area contributed by atoms with Crippen molar-refractivity contribution in [3.63, 3.8) is 0 Å². The van der Waals surface area contributed by atoms with Gasteiger partial charge in [0.1, 0.15) is 12.4 Å². The zero-order valence-electron chi connectivity index (χ0n) is 6.76. The van der Waals surface area contributed by atoms with Gasteiger partial charge in [0.05, 0.1) is 0 Å². The fraction of sp³-hybridized carbons (Fsp3) is 0.857. The van der Waals surface area contributed by atoms with Gasteiger partial charge < -0.3 is 10.6 Å². The highest BCUT2D eigenvalue weighted by Crippen LogP contribution is 1.88. The zero-order valence-corrected chi connectivity index (χ0v) is 6.76. The van der Waals surface area contributed by atoms with Crippen LogP contribution in [0.5, 0.6) is 0 Å². The van der Waals surface area contributed by atoms with E-state index < -0.39 is 0 Å². The third-order valence-corrected chi connectivity index (χ3v) is 0.983. The molecule has 0 aromatic heterocycles. The molecule has 0 unspecified atom stereocenters. The molecule has 0 amide bonds. The summed E-state index contributed by atoms with van der Waals surface area (Å²) in [5.41, 5.74) is 5.45. The van der Waals surface area contributed by atoms with Gasteiger partial charge in [-0.25, -0.2) is 0 Å². The molecule has 0 heterocycles. The van der Waals surface area contributed by atoms with E-state index in [1.54, 1.807) is 0 Å². The summed E-state index contributed by atoms with van der Waals surface area (Å²) in [4.78, 5) is 4.86. The minimum atomic E-state index is 0.593. The Kier molecular flexibility index (Phi) is 5.92. The van der Waals surface area contributed by atoms with Crippen LogP contribution < -0.4 is 5.73 Å². The molecule has 0 saturated heterocycles. The summed E-state index contributed by atoms with van der Waals surface area (Å²) in [7, 11) is 0. The molecule has 0 aliphatic rings. The maximum absolute atomic E-state index is 5.45. The Balaban J connectivity index is 3.28. The van der Waals surface area contributed by atoms with Crippen molar-refractivity contribution in [2.45, 2.75) is 33.1 Å². The number of hydrogen-bond acceptors (Lipinski definition) is 2. The molecule has 0 aliphatic carbocycles. The van der Waals surface area contributed by atoms with E-state index in [2.05, 4.69) is 12.1 Å². The van der Waals surface area contributed by atoms with E-state index in [9.17, 15) is 0 Å². The van der Waals surface area contributed by atoms with Crippen molar-refractivity contribution in [2.75, 3.05) is 6.61 Å². The van der Waals surface area contributed by atoms with E-state index in [-0.39, 0.29) is 0 Å². The number of rotatable bonds is 5. The Morgan fingerprint density at radius 1 is 1.40 bits per heavy atom. The summed E-state index contributed by atoms with van der Waals surface area (Å²) < 4.78 is 0. The lowest BCUT2D eigenvalue weighted by Crippen LogP contribution is -2.11. The van der Waals surface area contributed by atoms with E-state index >= 15 is 0 Å². The molecule has 0 aromatic rings. The van der Waals surface area contributed by atoms with E-state index in [1.807, 2.05) is 6.92 Å². The molecule has 0 fully saturated rings. The number of hydrogen-bond donors (Lipinski definition) is 1. The lowest BCUT2D eigenvalue weighted by atomic mass is 10.3. The lowest BCUT2D eigenvalue weighted by molar-refractivity contribution is 0.144. The Morgan fingerprint density at radius 2 is 2.10 bits per heavy atom. The second kappa shape index (κ2) is 6.39. The van der Waals surface area contributed by atoms with Crippen LogP contribution in [0.2, 0.25) is 0 Å². The quantitative estimate of drug-likeness (QED) is 0.275. The third kappa shape index (κ3) is 5.41. The van der Waals surface area contributed by atoms with E-state index in [0.29, 0.717) is 12.4 Å². The molecule has 0 atom stereocenters. The van der Waals surface area contributed by atoms with Crippen molar-refractivity contribution in [3.05, 3.63) is 0 Å². The Bertz CT molecular complexity index is 102. The van der Waals surface area contributed by atoms with E-state index in [4.69, 9.17) is 10.6 Å². The summed E-state index contributed by atoms with van der Waals surface area (Å²) in [6, 6.07) is 0. The monoisotopic (exact) mass is 144 g/mol. The van der Waals surface area contributed by atoms with Crippen LogP contribution >= 0.6 is 0 Å². The lowest BCUT2D eigenvalue weighted by Gasteiger charge is -1.97. The molecule has 0 saturated carbocycles. The Hall–Kier alpha value is -0.730. The molecule has 0 bridgehead atoms. The predicted molar refractivity (Wildman–Crippen MR) is 42.8 cm³/mol. The summed E-state index contributed by atoms with van der Waals surface area (Å²) in [5, 5.41) is 3.70. The average Bonchev–Trinajstić information content (AvgIpc) is 1.89. The predicted octanol–water partition coefficient (Wildman–Crippen LogP) is 1.49. The van der Waals surface area contributed by atoms with Crippen molar-refractivity contribution in [2.24, 2.45) is 10.9 Å². The topological polar surface area (TPSA) is 47.6 Å². The molecular weight excluding hydrogens is 128 g/mol. The van der Waals surface area contributed by atoms with Gasteiger partial charge in [-0.05, 0) is 12.8 Å². The van der Waals surface area contributed by atoms with Gasteiger partial charge >= 0.3 is 0 Å². The first-order chi connectivity index (χ1) is 4.81. The van der Waals surface area contributed by atoms with E-state index in [0.717, 1.165) is 19.3 Å². The zero-order chi connectivity index (χ0) is 7.82. The molecular formula is C7H16N2O. The van der Waals surface area contributed by atoms with Gasteiger partial charge in [-0.2, -0.15) is 0 Å². The fourth-order valence-electron chi connectivity index (χ4n) is 0.522. The van der Waals surface area contributed by atoms with Crippen LogP contribution in [0, 0.1) is 0 Å².